The standard InChI is InChI=1S/C37H48N2O3S/c1-4-5-16-30-17-10-12-19-35(30)39(25-28-14-7-6-8-15-28)26-29-20-21-32(33(24-29)31-18-11-9-13-27(31)2)36(40)38-34(37(41)42)22-23-43-3/h9-13,17-21,24,28,34H,4-8,14-16,22-23,25-26H2,1-3H3,(H,38,40)(H,41,42). The van der Waals surface area contributed by atoms with Crippen molar-refractivity contribution in [3.63, 3.8) is 0 Å². The van der Waals surface area contributed by atoms with E-state index in [0.717, 1.165) is 41.8 Å². The first kappa shape index (κ1) is 32.7. The summed E-state index contributed by atoms with van der Waals surface area (Å²) in [5, 5.41) is 12.6. The summed E-state index contributed by atoms with van der Waals surface area (Å²) >= 11 is 1.58. The van der Waals surface area contributed by atoms with Crippen LogP contribution in [0.3, 0.4) is 0 Å². The predicted octanol–water partition coefficient (Wildman–Crippen LogP) is 8.53. The van der Waals surface area contributed by atoms with Gasteiger partial charge in [-0.05, 0) is 103 Å². The number of nitrogens with zero attached hydrogens (tertiary/aromatic N) is 1. The van der Waals surface area contributed by atoms with Gasteiger partial charge in [-0.25, -0.2) is 4.79 Å². The first-order valence-electron chi connectivity index (χ1n) is 16.0. The molecular formula is C37H48N2O3S. The third-order valence-electron chi connectivity index (χ3n) is 8.69. The monoisotopic (exact) mass is 600 g/mol. The summed E-state index contributed by atoms with van der Waals surface area (Å²) in [7, 11) is 0. The Labute approximate surface area is 262 Å². The van der Waals surface area contributed by atoms with Gasteiger partial charge in [0.05, 0.1) is 0 Å². The number of benzene rings is 3. The third kappa shape index (κ3) is 9.12. The first-order chi connectivity index (χ1) is 20.9. The molecule has 3 aromatic rings. The molecule has 0 aliphatic heterocycles. The summed E-state index contributed by atoms with van der Waals surface area (Å²) in [6.45, 7) is 6.09. The minimum absolute atomic E-state index is 0.345. The lowest BCUT2D eigenvalue weighted by molar-refractivity contribution is -0.139. The molecule has 0 aromatic heterocycles. The summed E-state index contributed by atoms with van der Waals surface area (Å²) in [4.78, 5) is 28.1. The van der Waals surface area contributed by atoms with Gasteiger partial charge in [-0.2, -0.15) is 11.8 Å². The topological polar surface area (TPSA) is 69.6 Å². The summed E-state index contributed by atoms with van der Waals surface area (Å²) < 4.78 is 0. The minimum Gasteiger partial charge on any atom is -0.480 e. The largest absolute Gasteiger partial charge is 0.480 e. The van der Waals surface area contributed by atoms with Crippen LogP contribution < -0.4 is 10.2 Å². The van der Waals surface area contributed by atoms with Gasteiger partial charge in [0, 0.05) is 24.3 Å². The predicted molar refractivity (Wildman–Crippen MR) is 181 cm³/mol. The highest BCUT2D eigenvalue weighted by molar-refractivity contribution is 7.98. The average molecular weight is 601 g/mol. The minimum atomic E-state index is -1.00. The molecule has 0 bridgehead atoms. The smallest absolute Gasteiger partial charge is 0.326 e. The van der Waals surface area contributed by atoms with Gasteiger partial charge in [-0.1, -0.05) is 81.1 Å². The van der Waals surface area contributed by atoms with Crippen molar-refractivity contribution < 1.29 is 14.7 Å². The number of anilines is 1. The van der Waals surface area contributed by atoms with Crippen LogP contribution in [0.2, 0.25) is 0 Å². The van der Waals surface area contributed by atoms with E-state index in [1.54, 1.807) is 11.8 Å². The number of unbranched alkanes of at least 4 members (excludes halogenated alkanes) is 1. The molecule has 1 amide bonds. The molecule has 5 nitrogen and oxygen atoms in total. The molecule has 1 unspecified atom stereocenters. The fourth-order valence-electron chi connectivity index (χ4n) is 6.26. The molecule has 1 fully saturated rings. The highest BCUT2D eigenvalue weighted by Crippen LogP contribution is 2.32. The molecule has 2 N–H and O–H groups in total. The van der Waals surface area contributed by atoms with Crippen LogP contribution in [0.25, 0.3) is 11.1 Å². The van der Waals surface area contributed by atoms with Gasteiger partial charge in [0.2, 0.25) is 0 Å². The molecule has 230 valence electrons. The molecule has 1 saturated carbocycles. The molecular weight excluding hydrogens is 552 g/mol. The average Bonchev–Trinajstić information content (AvgIpc) is 3.02. The number of carbonyl (C=O) groups is 2. The molecule has 1 aliphatic carbocycles. The number of nitrogens with one attached hydrogen (secondary N) is 1. The summed E-state index contributed by atoms with van der Waals surface area (Å²) in [5.41, 5.74) is 7.30. The number of carboxylic acids is 1. The van der Waals surface area contributed by atoms with E-state index in [2.05, 4.69) is 66.5 Å². The Morgan fingerprint density at radius 1 is 1.00 bits per heavy atom. The number of thioether (sulfide) groups is 1. The van der Waals surface area contributed by atoms with Crippen molar-refractivity contribution in [3.05, 3.63) is 89.0 Å². The van der Waals surface area contributed by atoms with Gasteiger partial charge in [-0.3, -0.25) is 4.79 Å². The quantitative estimate of drug-likeness (QED) is 0.183. The SMILES string of the molecule is CCCCc1ccccc1N(Cc1ccc(C(=O)NC(CCSC)C(=O)O)c(-c2ccccc2C)c1)CC1CCCCC1. The molecule has 0 saturated heterocycles. The Hall–Kier alpha value is -3.25. The Bertz CT molecular complexity index is 1350. The number of amides is 1. The molecule has 3 aromatic carbocycles. The lowest BCUT2D eigenvalue weighted by Gasteiger charge is -2.33. The van der Waals surface area contributed by atoms with Gasteiger partial charge in [0.1, 0.15) is 6.04 Å². The number of para-hydroxylation sites is 1. The van der Waals surface area contributed by atoms with Crippen LogP contribution in [0.1, 0.15) is 85.3 Å². The highest BCUT2D eigenvalue weighted by Gasteiger charge is 2.24. The van der Waals surface area contributed by atoms with Crippen molar-refractivity contribution >= 4 is 29.3 Å². The van der Waals surface area contributed by atoms with Crippen LogP contribution >= 0.6 is 11.8 Å². The van der Waals surface area contributed by atoms with Gasteiger partial charge in [-0.15, -0.1) is 0 Å². The van der Waals surface area contributed by atoms with Crippen LogP contribution in [0.5, 0.6) is 0 Å². The van der Waals surface area contributed by atoms with Crippen molar-refractivity contribution in [2.24, 2.45) is 5.92 Å². The summed E-state index contributed by atoms with van der Waals surface area (Å²) in [6.07, 6.45) is 12.3. The number of carboxylic acid groups (broad SMARTS) is 1. The molecule has 6 heteroatoms. The van der Waals surface area contributed by atoms with E-state index < -0.39 is 12.0 Å². The fraction of sp³-hybridized carbons (Fsp3) is 0.459. The first-order valence-corrected chi connectivity index (χ1v) is 17.3. The van der Waals surface area contributed by atoms with Crippen LogP contribution in [0.15, 0.2) is 66.7 Å². The Kier molecular flexibility index (Phi) is 12.6. The number of hydrogen-bond acceptors (Lipinski definition) is 4. The van der Waals surface area contributed by atoms with Gasteiger partial charge in [0.15, 0.2) is 0 Å². The van der Waals surface area contributed by atoms with E-state index >= 15 is 0 Å². The van der Waals surface area contributed by atoms with Crippen LogP contribution in [0.4, 0.5) is 5.69 Å². The van der Waals surface area contributed by atoms with Crippen molar-refractivity contribution in [2.45, 2.75) is 84.2 Å². The fourth-order valence-corrected chi connectivity index (χ4v) is 6.73. The van der Waals surface area contributed by atoms with Crippen molar-refractivity contribution in [2.75, 3.05) is 23.5 Å². The Morgan fingerprint density at radius 2 is 1.74 bits per heavy atom. The normalized spacial score (nSPS) is 14.3. The number of rotatable bonds is 15. The number of carbonyl (C=O) groups excluding carboxylic acids is 1. The van der Waals surface area contributed by atoms with Crippen molar-refractivity contribution in [1.82, 2.24) is 5.32 Å². The van der Waals surface area contributed by atoms with E-state index in [-0.39, 0.29) is 5.91 Å². The molecule has 1 aliphatic rings. The van der Waals surface area contributed by atoms with Crippen LogP contribution in [-0.2, 0) is 17.8 Å². The van der Waals surface area contributed by atoms with Crippen LogP contribution in [-0.4, -0.2) is 41.6 Å². The zero-order chi connectivity index (χ0) is 30.6. The maximum absolute atomic E-state index is 13.6. The van der Waals surface area contributed by atoms with E-state index in [4.69, 9.17) is 0 Å². The van der Waals surface area contributed by atoms with Crippen molar-refractivity contribution in [3.8, 4) is 11.1 Å². The van der Waals surface area contributed by atoms with Crippen LogP contribution in [0, 0.1) is 12.8 Å². The molecule has 0 spiro atoms. The van der Waals surface area contributed by atoms with Gasteiger partial charge >= 0.3 is 5.97 Å². The summed E-state index contributed by atoms with van der Waals surface area (Å²) in [5.74, 6) is -0.000789. The number of aliphatic carboxylic acids is 1. The second-order valence-corrected chi connectivity index (χ2v) is 12.9. The Balaban J connectivity index is 1.71. The molecule has 0 heterocycles. The summed E-state index contributed by atoms with van der Waals surface area (Å²) in [6, 6.07) is 22.1. The lowest BCUT2D eigenvalue weighted by atomic mass is 9.88. The van der Waals surface area contributed by atoms with E-state index in [1.807, 2.05) is 30.5 Å². The number of aryl methyl sites for hydroxylation is 2. The zero-order valence-corrected chi connectivity index (χ0v) is 26.9. The second kappa shape index (κ2) is 16.6. The van der Waals surface area contributed by atoms with Crippen molar-refractivity contribution in [1.29, 1.82) is 0 Å². The molecule has 0 radical (unpaired) electrons. The second-order valence-electron chi connectivity index (χ2n) is 12.0. The van der Waals surface area contributed by atoms with Gasteiger partial charge in [0.25, 0.3) is 5.91 Å². The zero-order valence-electron chi connectivity index (χ0n) is 26.1. The third-order valence-corrected chi connectivity index (χ3v) is 9.33. The lowest BCUT2D eigenvalue weighted by Crippen LogP contribution is -2.41. The van der Waals surface area contributed by atoms with Gasteiger partial charge < -0.3 is 15.3 Å². The molecule has 1 atom stereocenters. The number of hydrogen-bond donors (Lipinski definition) is 2. The molecule has 4 rings (SSSR count). The maximum Gasteiger partial charge on any atom is 0.326 e. The van der Waals surface area contributed by atoms with E-state index in [1.165, 1.54) is 56.2 Å². The highest BCUT2D eigenvalue weighted by atomic mass is 32.2. The molecule has 43 heavy (non-hydrogen) atoms. The maximum atomic E-state index is 13.6. The van der Waals surface area contributed by atoms with E-state index in [9.17, 15) is 14.7 Å². The Morgan fingerprint density at radius 3 is 2.47 bits per heavy atom. The van der Waals surface area contributed by atoms with E-state index in [0.29, 0.717) is 23.7 Å².